The summed E-state index contributed by atoms with van der Waals surface area (Å²) in [5.74, 6) is 0.849. The molecule has 2 aromatic rings. The maximum atomic E-state index is 6.36. The number of benzene rings is 1. The lowest BCUT2D eigenvalue weighted by molar-refractivity contribution is 0.585. The third kappa shape index (κ3) is 2.15. The van der Waals surface area contributed by atoms with Gasteiger partial charge in [0.25, 0.3) is 0 Å². The van der Waals surface area contributed by atoms with Crippen LogP contribution in [-0.4, -0.2) is 20.4 Å². The molecule has 4 nitrogen and oxygen atoms in total. The molecule has 5 heteroatoms. The van der Waals surface area contributed by atoms with Gasteiger partial charge in [0.2, 0.25) is 5.16 Å². The van der Waals surface area contributed by atoms with E-state index in [4.69, 9.17) is 5.73 Å². The first-order chi connectivity index (χ1) is 8.74. The van der Waals surface area contributed by atoms with Crippen molar-refractivity contribution in [3.63, 3.8) is 0 Å². The van der Waals surface area contributed by atoms with Gasteiger partial charge in [-0.2, -0.15) is 0 Å². The average Bonchev–Trinajstić information content (AvgIpc) is 2.79. The summed E-state index contributed by atoms with van der Waals surface area (Å²) in [6.45, 7) is 1.91. The molecule has 94 valence electrons. The summed E-state index contributed by atoms with van der Waals surface area (Å²) in [6, 6.07) is 8.52. The molecule has 1 aliphatic rings. The number of fused-ring (bicyclic) bond motifs is 1. The lowest BCUT2D eigenvalue weighted by Gasteiger charge is -2.29. The van der Waals surface area contributed by atoms with E-state index in [2.05, 4.69) is 39.4 Å². The van der Waals surface area contributed by atoms with Gasteiger partial charge in [0, 0.05) is 11.3 Å². The Morgan fingerprint density at radius 1 is 1.39 bits per heavy atom. The smallest absolute Gasteiger partial charge is 0.208 e. The Bertz CT molecular complexity index is 551. The Kier molecular flexibility index (Phi) is 3.09. The fourth-order valence-corrected chi connectivity index (χ4v) is 3.49. The van der Waals surface area contributed by atoms with E-state index < -0.39 is 0 Å². The van der Waals surface area contributed by atoms with Crippen LogP contribution < -0.4 is 5.73 Å². The van der Waals surface area contributed by atoms with Crippen LogP contribution in [-0.2, 0) is 6.42 Å². The van der Waals surface area contributed by atoms with Gasteiger partial charge in [-0.05, 0) is 30.9 Å². The van der Waals surface area contributed by atoms with E-state index in [1.165, 1.54) is 11.1 Å². The van der Waals surface area contributed by atoms with Gasteiger partial charge in [-0.25, -0.2) is 4.98 Å². The third-order valence-corrected chi connectivity index (χ3v) is 4.57. The largest absolute Gasteiger partial charge is 0.323 e. The highest BCUT2D eigenvalue weighted by atomic mass is 32.2. The zero-order valence-corrected chi connectivity index (χ0v) is 11.1. The van der Waals surface area contributed by atoms with Gasteiger partial charge in [-0.1, -0.05) is 36.0 Å². The minimum atomic E-state index is 0.0683. The van der Waals surface area contributed by atoms with E-state index in [9.17, 15) is 0 Å². The number of aromatic amines is 1. The standard InChI is InChI=1S/C13H16N4S/c1-8-15-13(17-16-8)18-11-7-6-9-4-2-3-5-10(9)12(11)14/h2-5,11-12H,6-7,14H2,1H3,(H,15,16,17). The van der Waals surface area contributed by atoms with Crippen molar-refractivity contribution in [3.8, 4) is 0 Å². The highest BCUT2D eigenvalue weighted by Gasteiger charge is 2.28. The number of thioether (sulfide) groups is 1. The number of nitrogens with zero attached hydrogens (tertiary/aromatic N) is 2. The van der Waals surface area contributed by atoms with Crippen molar-refractivity contribution < 1.29 is 0 Å². The van der Waals surface area contributed by atoms with Crippen LogP contribution in [0.5, 0.6) is 0 Å². The molecule has 18 heavy (non-hydrogen) atoms. The molecule has 3 N–H and O–H groups in total. The minimum absolute atomic E-state index is 0.0683. The SMILES string of the molecule is Cc1nc(SC2CCc3ccccc3C2N)n[nH]1. The number of aromatic nitrogens is 3. The van der Waals surface area contributed by atoms with E-state index in [0.717, 1.165) is 23.8 Å². The second-order valence-electron chi connectivity index (χ2n) is 4.62. The number of hydrogen-bond acceptors (Lipinski definition) is 4. The van der Waals surface area contributed by atoms with Crippen molar-refractivity contribution in [3.05, 3.63) is 41.2 Å². The molecular formula is C13H16N4S. The molecule has 0 fully saturated rings. The van der Waals surface area contributed by atoms with Crippen LogP contribution in [0, 0.1) is 6.92 Å². The first-order valence-corrected chi connectivity index (χ1v) is 7.01. The van der Waals surface area contributed by atoms with Crippen LogP contribution in [0.4, 0.5) is 0 Å². The van der Waals surface area contributed by atoms with E-state index in [0.29, 0.717) is 5.25 Å². The first-order valence-electron chi connectivity index (χ1n) is 6.13. The van der Waals surface area contributed by atoms with Gasteiger partial charge < -0.3 is 5.73 Å². The average molecular weight is 260 g/mol. The van der Waals surface area contributed by atoms with Crippen molar-refractivity contribution in [1.29, 1.82) is 0 Å². The summed E-state index contributed by atoms with van der Waals surface area (Å²) >= 11 is 1.68. The van der Waals surface area contributed by atoms with Gasteiger partial charge in [-0.3, -0.25) is 5.10 Å². The Morgan fingerprint density at radius 2 is 2.22 bits per heavy atom. The Balaban J connectivity index is 1.80. The lowest BCUT2D eigenvalue weighted by atomic mass is 9.88. The lowest BCUT2D eigenvalue weighted by Crippen LogP contribution is -2.29. The summed E-state index contributed by atoms with van der Waals surface area (Å²) in [4.78, 5) is 4.34. The second-order valence-corrected chi connectivity index (χ2v) is 5.83. The van der Waals surface area contributed by atoms with E-state index in [1.807, 2.05) is 6.92 Å². The van der Waals surface area contributed by atoms with Crippen molar-refractivity contribution in [2.45, 2.75) is 36.2 Å². The number of H-pyrrole nitrogens is 1. The first kappa shape index (κ1) is 11.7. The molecule has 1 aromatic carbocycles. The molecule has 2 atom stereocenters. The van der Waals surface area contributed by atoms with E-state index in [-0.39, 0.29) is 6.04 Å². The van der Waals surface area contributed by atoms with Gasteiger partial charge in [0.1, 0.15) is 5.82 Å². The van der Waals surface area contributed by atoms with Gasteiger partial charge in [0.05, 0.1) is 0 Å². The quantitative estimate of drug-likeness (QED) is 0.869. The number of rotatable bonds is 2. The predicted octanol–water partition coefficient (Wildman–Crippen LogP) is 2.22. The van der Waals surface area contributed by atoms with E-state index >= 15 is 0 Å². The third-order valence-electron chi connectivity index (χ3n) is 3.35. The molecule has 1 aliphatic carbocycles. The van der Waals surface area contributed by atoms with Crippen LogP contribution in [0.3, 0.4) is 0 Å². The molecule has 0 amide bonds. The maximum absolute atomic E-state index is 6.36. The molecule has 3 rings (SSSR count). The van der Waals surface area contributed by atoms with Crippen LogP contribution in [0.25, 0.3) is 0 Å². The topological polar surface area (TPSA) is 67.6 Å². The summed E-state index contributed by atoms with van der Waals surface area (Å²) in [6.07, 6.45) is 2.17. The molecule has 0 bridgehead atoms. The number of hydrogen-bond donors (Lipinski definition) is 2. The van der Waals surface area contributed by atoms with Crippen LogP contribution in [0.2, 0.25) is 0 Å². The molecule has 0 radical (unpaired) electrons. The maximum Gasteiger partial charge on any atom is 0.208 e. The second kappa shape index (κ2) is 4.74. The Labute approximate surface area is 110 Å². The van der Waals surface area contributed by atoms with Crippen molar-refractivity contribution in [1.82, 2.24) is 15.2 Å². The van der Waals surface area contributed by atoms with Crippen molar-refractivity contribution in [2.75, 3.05) is 0 Å². The summed E-state index contributed by atoms with van der Waals surface area (Å²) in [7, 11) is 0. The molecule has 2 unspecified atom stereocenters. The van der Waals surface area contributed by atoms with E-state index in [1.54, 1.807) is 11.8 Å². The molecule has 1 heterocycles. The van der Waals surface area contributed by atoms with Gasteiger partial charge in [-0.15, -0.1) is 5.10 Å². The molecular weight excluding hydrogens is 244 g/mol. The zero-order valence-electron chi connectivity index (χ0n) is 10.3. The Hall–Kier alpha value is -1.33. The molecule has 0 spiro atoms. The zero-order chi connectivity index (χ0) is 12.5. The van der Waals surface area contributed by atoms with Gasteiger partial charge >= 0.3 is 0 Å². The van der Waals surface area contributed by atoms with Crippen LogP contribution >= 0.6 is 11.8 Å². The molecule has 1 aromatic heterocycles. The fourth-order valence-electron chi connectivity index (χ4n) is 2.41. The summed E-state index contributed by atoms with van der Waals surface area (Å²) in [5, 5.41) is 8.20. The normalized spacial score (nSPS) is 22.8. The fraction of sp³-hybridized carbons (Fsp3) is 0.385. The highest BCUT2D eigenvalue weighted by molar-refractivity contribution is 7.99. The van der Waals surface area contributed by atoms with Crippen LogP contribution in [0.1, 0.15) is 29.4 Å². The number of nitrogens with two attached hydrogens (primary N) is 1. The Morgan fingerprint density at radius 3 is 3.00 bits per heavy atom. The van der Waals surface area contributed by atoms with Crippen LogP contribution in [0.15, 0.2) is 29.4 Å². The van der Waals surface area contributed by atoms with Gasteiger partial charge in [0.15, 0.2) is 0 Å². The predicted molar refractivity (Wildman–Crippen MR) is 72.5 cm³/mol. The summed E-state index contributed by atoms with van der Waals surface area (Å²) < 4.78 is 0. The molecule has 0 saturated heterocycles. The highest BCUT2D eigenvalue weighted by Crippen LogP contribution is 2.37. The molecule has 0 aliphatic heterocycles. The monoisotopic (exact) mass is 260 g/mol. The number of nitrogens with one attached hydrogen (secondary N) is 1. The van der Waals surface area contributed by atoms with Crippen molar-refractivity contribution >= 4 is 11.8 Å². The molecule has 0 saturated carbocycles. The minimum Gasteiger partial charge on any atom is -0.323 e. The van der Waals surface area contributed by atoms with Crippen molar-refractivity contribution in [2.24, 2.45) is 5.73 Å². The summed E-state index contributed by atoms with van der Waals surface area (Å²) in [5.41, 5.74) is 9.01. The number of aryl methyl sites for hydroxylation is 2.